The number of hydrogen-bond donors (Lipinski definition) is 2. The number of anilines is 2. The van der Waals surface area contributed by atoms with E-state index in [0.29, 0.717) is 13.1 Å². The van der Waals surface area contributed by atoms with Crippen molar-refractivity contribution in [2.45, 2.75) is 0 Å². The molecule has 94 valence electrons. The number of nitrogens with two attached hydrogens (primary N) is 2. The molecular formula is C14H18N4. The quantitative estimate of drug-likeness (QED) is 0.619. The largest absolute Gasteiger partial charge is 0.309 e. The average molecular weight is 242 g/mol. The zero-order valence-corrected chi connectivity index (χ0v) is 10.2. The fourth-order valence-corrected chi connectivity index (χ4v) is 1.71. The van der Waals surface area contributed by atoms with Gasteiger partial charge >= 0.3 is 0 Å². The van der Waals surface area contributed by atoms with Gasteiger partial charge in [-0.3, -0.25) is 0 Å². The zero-order chi connectivity index (χ0) is 12.8. The third-order valence-corrected chi connectivity index (χ3v) is 2.76. The minimum atomic E-state index is 0.662. The Morgan fingerprint density at radius 2 is 0.944 bits per heavy atom. The summed E-state index contributed by atoms with van der Waals surface area (Å²) in [5, 5.41) is 3.39. The molecule has 0 unspecified atom stereocenters. The maximum absolute atomic E-state index is 5.97. The van der Waals surface area contributed by atoms with Crippen LogP contribution in [0.1, 0.15) is 0 Å². The third-order valence-electron chi connectivity index (χ3n) is 2.76. The Bertz CT molecular complexity index is 412. The highest BCUT2D eigenvalue weighted by molar-refractivity contribution is 5.46. The van der Waals surface area contributed by atoms with Crippen LogP contribution >= 0.6 is 0 Å². The van der Waals surface area contributed by atoms with Gasteiger partial charge in [0.2, 0.25) is 0 Å². The van der Waals surface area contributed by atoms with E-state index in [-0.39, 0.29) is 0 Å². The van der Waals surface area contributed by atoms with E-state index in [1.54, 1.807) is 10.0 Å². The van der Waals surface area contributed by atoms with Gasteiger partial charge in [-0.25, -0.2) is 11.7 Å². The Morgan fingerprint density at radius 1 is 0.611 bits per heavy atom. The highest BCUT2D eigenvalue weighted by Gasteiger charge is 2.04. The second kappa shape index (κ2) is 6.05. The molecule has 0 amide bonds. The summed E-state index contributed by atoms with van der Waals surface area (Å²) in [5.41, 5.74) is 1.97. The second-order valence-corrected chi connectivity index (χ2v) is 4.06. The molecule has 0 aliphatic carbocycles. The van der Waals surface area contributed by atoms with Crippen molar-refractivity contribution in [3.8, 4) is 0 Å². The van der Waals surface area contributed by atoms with Gasteiger partial charge in [0.15, 0.2) is 0 Å². The summed E-state index contributed by atoms with van der Waals surface area (Å²) < 4.78 is 0. The van der Waals surface area contributed by atoms with Crippen molar-refractivity contribution in [1.29, 1.82) is 0 Å². The van der Waals surface area contributed by atoms with Crippen LogP contribution in [0.25, 0.3) is 0 Å². The average Bonchev–Trinajstić information content (AvgIpc) is 2.46. The van der Waals surface area contributed by atoms with Crippen molar-refractivity contribution in [3.05, 3.63) is 60.7 Å². The van der Waals surface area contributed by atoms with Crippen LogP contribution in [0.5, 0.6) is 0 Å². The Hall–Kier alpha value is -2.04. The molecule has 0 aliphatic rings. The van der Waals surface area contributed by atoms with E-state index in [0.717, 1.165) is 11.4 Å². The van der Waals surface area contributed by atoms with Gasteiger partial charge in [0.05, 0.1) is 24.5 Å². The molecule has 0 fully saturated rings. The topological polar surface area (TPSA) is 58.5 Å². The second-order valence-electron chi connectivity index (χ2n) is 4.06. The van der Waals surface area contributed by atoms with Crippen molar-refractivity contribution in [3.63, 3.8) is 0 Å². The molecule has 2 aromatic carbocycles. The van der Waals surface area contributed by atoms with E-state index in [2.05, 4.69) is 0 Å². The summed E-state index contributed by atoms with van der Waals surface area (Å²) in [6.45, 7) is 1.32. The number of para-hydroxylation sites is 2. The van der Waals surface area contributed by atoms with Crippen LogP contribution in [0.3, 0.4) is 0 Å². The molecule has 0 spiro atoms. The first-order chi connectivity index (χ1) is 8.77. The van der Waals surface area contributed by atoms with Crippen molar-refractivity contribution in [2.75, 3.05) is 23.1 Å². The molecule has 0 atom stereocenters. The summed E-state index contributed by atoms with van der Waals surface area (Å²) in [7, 11) is 0. The SMILES string of the molecule is NN(CCN(N)c1ccccc1)c1ccccc1. The van der Waals surface area contributed by atoms with Crippen LogP contribution < -0.4 is 21.7 Å². The maximum atomic E-state index is 5.97. The Kier molecular flexibility index (Phi) is 4.17. The molecule has 0 heterocycles. The summed E-state index contributed by atoms with van der Waals surface area (Å²) in [6.07, 6.45) is 0. The molecule has 4 heteroatoms. The molecule has 0 radical (unpaired) electrons. The normalized spacial score (nSPS) is 10.1. The van der Waals surface area contributed by atoms with Crippen LogP contribution in [0.4, 0.5) is 11.4 Å². The van der Waals surface area contributed by atoms with E-state index in [4.69, 9.17) is 11.7 Å². The van der Waals surface area contributed by atoms with E-state index in [1.165, 1.54) is 0 Å². The first-order valence-electron chi connectivity index (χ1n) is 5.92. The number of nitrogens with zero attached hydrogens (tertiary/aromatic N) is 2. The van der Waals surface area contributed by atoms with Gasteiger partial charge in [-0.15, -0.1) is 0 Å². The van der Waals surface area contributed by atoms with Crippen molar-refractivity contribution in [2.24, 2.45) is 11.7 Å². The lowest BCUT2D eigenvalue weighted by Gasteiger charge is -2.24. The molecule has 18 heavy (non-hydrogen) atoms. The lowest BCUT2D eigenvalue weighted by atomic mass is 10.3. The first-order valence-corrected chi connectivity index (χ1v) is 5.92. The summed E-state index contributed by atoms with van der Waals surface area (Å²) >= 11 is 0. The van der Waals surface area contributed by atoms with Crippen LogP contribution in [0.15, 0.2) is 60.7 Å². The molecule has 2 aromatic rings. The Labute approximate surface area is 107 Å². The highest BCUT2D eigenvalue weighted by Crippen LogP contribution is 2.11. The van der Waals surface area contributed by atoms with Gasteiger partial charge in [-0.2, -0.15) is 0 Å². The van der Waals surface area contributed by atoms with Crippen molar-refractivity contribution in [1.82, 2.24) is 0 Å². The van der Waals surface area contributed by atoms with Gasteiger partial charge in [0.25, 0.3) is 0 Å². The smallest absolute Gasteiger partial charge is 0.0533 e. The van der Waals surface area contributed by atoms with E-state index < -0.39 is 0 Å². The fraction of sp³-hybridized carbons (Fsp3) is 0.143. The van der Waals surface area contributed by atoms with Gasteiger partial charge in [0, 0.05) is 0 Å². The Morgan fingerprint density at radius 3 is 1.28 bits per heavy atom. The van der Waals surface area contributed by atoms with E-state index in [9.17, 15) is 0 Å². The molecule has 0 aliphatic heterocycles. The maximum Gasteiger partial charge on any atom is 0.0533 e. The minimum Gasteiger partial charge on any atom is -0.309 e. The van der Waals surface area contributed by atoms with Crippen molar-refractivity contribution >= 4 is 11.4 Å². The first kappa shape index (κ1) is 12.4. The van der Waals surface area contributed by atoms with Crippen LogP contribution in [-0.2, 0) is 0 Å². The lowest BCUT2D eigenvalue weighted by Crippen LogP contribution is -2.42. The molecule has 2 rings (SSSR count). The molecular weight excluding hydrogens is 224 g/mol. The number of hydrogen-bond acceptors (Lipinski definition) is 4. The van der Waals surface area contributed by atoms with E-state index >= 15 is 0 Å². The monoisotopic (exact) mass is 242 g/mol. The Balaban J connectivity index is 1.89. The number of rotatable bonds is 5. The predicted molar refractivity (Wildman–Crippen MR) is 76.0 cm³/mol. The summed E-state index contributed by atoms with van der Waals surface area (Å²) in [6, 6.07) is 19.7. The summed E-state index contributed by atoms with van der Waals surface area (Å²) in [4.78, 5) is 0. The van der Waals surface area contributed by atoms with Crippen molar-refractivity contribution < 1.29 is 0 Å². The molecule has 4 nitrogen and oxygen atoms in total. The summed E-state index contributed by atoms with van der Waals surface area (Å²) in [5.74, 6) is 11.9. The standard InChI is InChI=1S/C14H18N4/c15-17(13-7-3-1-4-8-13)11-12-18(16)14-9-5-2-6-10-14/h1-10H,11-12,15-16H2. The molecule has 0 aromatic heterocycles. The molecule has 0 bridgehead atoms. The van der Waals surface area contributed by atoms with Crippen LogP contribution in [-0.4, -0.2) is 13.1 Å². The fourth-order valence-electron chi connectivity index (χ4n) is 1.71. The molecule has 4 N–H and O–H groups in total. The van der Waals surface area contributed by atoms with Crippen LogP contribution in [0.2, 0.25) is 0 Å². The molecule has 0 saturated heterocycles. The van der Waals surface area contributed by atoms with E-state index in [1.807, 2.05) is 60.7 Å². The zero-order valence-electron chi connectivity index (χ0n) is 10.2. The third kappa shape index (κ3) is 3.23. The minimum absolute atomic E-state index is 0.662. The highest BCUT2D eigenvalue weighted by atomic mass is 15.4. The van der Waals surface area contributed by atoms with Gasteiger partial charge in [-0.05, 0) is 24.3 Å². The lowest BCUT2D eigenvalue weighted by molar-refractivity contribution is 0.768. The van der Waals surface area contributed by atoms with Gasteiger partial charge in [0.1, 0.15) is 0 Å². The predicted octanol–water partition coefficient (Wildman–Crippen LogP) is 1.75. The number of hydrazine groups is 2. The van der Waals surface area contributed by atoms with Gasteiger partial charge < -0.3 is 10.0 Å². The van der Waals surface area contributed by atoms with Crippen LogP contribution in [0, 0.1) is 0 Å². The van der Waals surface area contributed by atoms with Gasteiger partial charge in [-0.1, -0.05) is 36.4 Å². The number of benzene rings is 2. The molecule has 0 saturated carbocycles.